The number of hydrogen-bond acceptors (Lipinski definition) is 2. The van der Waals surface area contributed by atoms with Crippen LogP contribution >= 0.6 is 11.3 Å². The van der Waals surface area contributed by atoms with Crippen molar-refractivity contribution in [1.29, 1.82) is 0 Å². The highest BCUT2D eigenvalue weighted by Crippen LogP contribution is 2.11. The van der Waals surface area contributed by atoms with Gasteiger partial charge in [0.1, 0.15) is 5.82 Å². The fourth-order valence-corrected chi connectivity index (χ4v) is 1.99. The lowest BCUT2D eigenvalue weighted by atomic mass is 10.1. The average molecular weight is 223 g/mol. The molecule has 0 saturated heterocycles. The zero-order valence-electron chi connectivity index (χ0n) is 8.24. The van der Waals surface area contributed by atoms with Gasteiger partial charge < -0.3 is 4.57 Å². The normalized spacial score (nSPS) is 10.5. The van der Waals surface area contributed by atoms with Gasteiger partial charge in [0.05, 0.1) is 6.54 Å². The molecular weight excluding hydrogens is 213 g/mol. The van der Waals surface area contributed by atoms with Gasteiger partial charge >= 0.3 is 4.87 Å². The Labute approximate surface area is 90.6 Å². The van der Waals surface area contributed by atoms with Gasteiger partial charge in [-0.3, -0.25) is 4.79 Å². The van der Waals surface area contributed by atoms with Crippen LogP contribution in [0.4, 0.5) is 4.39 Å². The summed E-state index contributed by atoms with van der Waals surface area (Å²) in [6, 6.07) is 4.62. The van der Waals surface area contributed by atoms with Crippen molar-refractivity contribution in [1.82, 2.24) is 4.57 Å². The van der Waals surface area contributed by atoms with E-state index in [0.29, 0.717) is 6.54 Å². The van der Waals surface area contributed by atoms with Crippen LogP contribution in [0.15, 0.2) is 34.6 Å². The van der Waals surface area contributed by atoms with E-state index in [0.717, 1.165) is 22.5 Å². The molecule has 0 bridgehead atoms. The molecule has 0 aliphatic heterocycles. The van der Waals surface area contributed by atoms with E-state index >= 15 is 0 Å². The number of nitrogens with zero attached hydrogens (tertiary/aromatic N) is 1. The average Bonchev–Trinajstić information content (AvgIpc) is 2.58. The van der Waals surface area contributed by atoms with Crippen LogP contribution in [0.5, 0.6) is 0 Å². The molecule has 4 heteroatoms. The summed E-state index contributed by atoms with van der Waals surface area (Å²) in [5.74, 6) is -0.265. The second-order valence-electron chi connectivity index (χ2n) is 3.37. The third-order valence-electron chi connectivity index (χ3n) is 2.30. The van der Waals surface area contributed by atoms with Crippen molar-refractivity contribution in [3.8, 4) is 0 Å². The quantitative estimate of drug-likeness (QED) is 0.766. The van der Waals surface area contributed by atoms with Crippen molar-refractivity contribution in [2.75, 3.05) is 0 Å². The van der Waals surface area contributed by atoms with E-state index in [-0.39, 0.29) is 10.7 Å². The summed E-state index contributed by atoms with van der Waals surface area (Å²) in [5, 5.41) is 1.73. The summed E-state index contributed by atoms with van der Waals surface area (Å²) < 4.78 is 14.6. The highest BCUT2D eigenvalue weighted by Gasteiger charge is 2.03. The van der Waals surface area contributed by atoms with Crippen molar-refractivity contribution in [2.45, 2.75) is 13.5 Å². The molecule has 1 aromatic heterocycles. The first kappa shape index (κ1) is 10.1. The summed E-state index contributed by atoms with van der Waals surface area (Å²) in [4.78, 5) is 11.3. The fourth-order valence-electron chi connectivity index (χ4n) is 1.40. The molecule has 0 aliphatic carbocycles. The van der Waals surface area contributed by atoms with Crippen LogP contribution in [0, 0.1) is 12.7 Å². The van der Waals surface area contributed by atoms with Gasteiger partial charge in [0.25, 0.3) is 0 Å². The number of halogens is 1. The standard InChI is InChI=1S/C11H10FNOS/c1-8-2-3-10(12)6-9(8)7-13-4-5-15-11(13)14/h2-6H,7H2,1H3. The third-order valence-corrected chi connectivity index (χ3v) is 2.99. The summed E-state index contributed by atoms with van der Waals surface area (Å²) in [5.41, 5.74) is 1.84. The summed E-state index contributed by atoms with van der Waals surface area (Å²) in [6.07, 6.45) is 1.72. The second kappa shape index (κ2) is 3.98. The Bertz CT molecular complexity index is 529. The minimum Gasteiger partial charge on any atom is -0.302 e. The van der Waals surface area contributed by atoms with Gasteiger partial charge in [-0.15, -0.1) is 0 Å². The molecule has 1 heterocycles. The molecule has 0 spiro atoms. The molecule has 0 N–H and O–H groups in total. The molecule has 0 atom stereocenters. The van der Waals surface area contributed by atoms with Gasteiger partial charge in [-0.05, 0) is 30.2 Å². The molecule has 0 fully saturated rings. The Morgan fingerprint density at radius 2 is 2.27 bits per heavy atom. The van der Waals surface area contributed by atoms with E-state index in [1.54, 1.807) is 22.2 Å². The second-order valence-corrected chi connectivity index (χ2v) is 4.22. The minimum atomic E-state index is -0.265. The third kappa shape index (κ3) is 2.15. The SMILES string of the molecule is Cc1ccc(F)cc1Cn1ccsc1=O. The van der Waals surface area contributed by atoms with Crippen molar-refractivity contribution in [2.24, 2.45) is 0 Å². The first-order chi connectivity index (χ1) is 7.16. The van der Waals surface area contributed by atoms with Gasteiger partial charge in [-0.25, -0.2) is 4.39 Å². The number of rotatable bonds is 2. The van der Waals surface area contributed by atoms with Gasteiger partial charge in [-0.2, -0.15) is 0 Å². The summed E-state index contributed by atoms with van der Waals surface area (Å²) in [7, 11) is 0. The number of aromatic nitrogens is 1. The van der Waals surface area contributed by atoms with E-state index in [1.807, 2.05) is 6.92 Å². The van der Waals surface area contributed by atoms with Gasteiger partial charge in [-0.1, -0.05) is 17.4 Å². The van der Waals surface area contributed by atoms with E-state index in [9.17, 15) is 9.18 Å². The highest BCUT2D eigenvalue weighted by atomic mass is 32.1. The maximum atomic E-state index is 13.0. The van der Waals surface area contributed by atoms with Gasteiger partial charge in [0, 0.05) is 11.6 Å². The van der Waals surface area contributed by atoms with Crippen LogP contribution in [-0.4, -0.2) is 4.57 Å². The van der Waals surface area contributed by atoms with Crippen LogP contribution in [0.3, 0.4) is 0 Å². The highest BCUT2D eigenvalue weighted by molar-refractivity contribution is 7.07. The van der Waals surface area contributed by atoms with E-state index < -0.39 is 0 Å². The topological polar surface area (TPSA) is 22.0 Å². The molecule has 15 heavy (non-hydrogen) atoms. The molecule has 2 aromatic rings. The molecule has 0 amide bonds. The Hall–Kier alpha value is -1.42. The molecule has 2 rings (SSSR count). The molecule has 0 saturated carbocycles. The minimum absolute atomic E-state index is 0.0151. The zero-order valence-corrected chi connectivity index (χ0v) is 9.05. The number of aryl methyl sites for hydroxylation is 1. The lowest BCUT2D eigenvalue weighted by Crippen LogP contribution is -2.13. The van der Waals surface area contributed by atoms with Crippen molar-refractivity contribution in [3.63, 3.8) is 0 Å². The zero-order chi connectivity index (χ0) is 10.8. The van der Waals surface area contributed by atoms with Crippen LogP contribution in [0.2, 0.25) is 0 Å². The van der Waals surface area contributed by atoms with Crippen LogP contribution in [0.1, 0.15) is 11.1 Å². The lowest BCUT2D eigenvalue weighted by molar-refractivity contribution is 0.622. The summed E-state index contributed by atoms with van der Waals surface area (Å²) >= 11 is 1.15. The molecular formula is C11H10FNOS. The van der Waals surface area contributed by atoms with Crippen molar-refractivity contribution >= 4 is 11.3 Å². The largest absolute Gasteiger partial charge is 0.307 e. The fraction of sp³-hybridized carbons (Fsp3) is 0.182. The van der Waals surface area contributed by atoms with Gasteiger partial charge in [0.2, 0.25) is 0 Å². The Morgan fingerprint density at radius 3 is 2.93 bits per heavy atom. The maximum Gasteiger partial charge on any atom is 0.307 e. The van der Waals surface area contributed by atoms with Gasteiger partial charge in [0.15, 0.2) is 0 Å². The Morgan fingerprint density at radius 1 is 1.47 bits per heavy atom. The predicted octanol–water partition coefficient (Wildman–Crippen LogP) is 2.41. The molecule has 78 valence electrons. The number of thiazole rings is 1. The summed E-state index contributed by atoms with van der Waals surface area (Å²) in [6.45, 7) is 2.35. The van der Waals surface area contributed by atoms with Crippen molar-refractivity contribution < 1.29 is 4.39 Å². The Kier molecular flexibility index (Phi) is 2.68. The van der Waals surface area contributed by atoms with E-state index in [2.05, 4.69) is 0 Å². The lowest BCUT2D eigenvalue weighted by Gasteiger charge is -2.05. The number of benzene rings is 1. The predicted molar refractivity (Wildman–Crippen MR) is 58.8 cm³/mol. The van der Waals surface area contributed by atoms with Crippen molar-refractivity contribution in [3.05, 3.63) is 56.4 Å². The smallest absolute Gasteiger partial charge is 0.302 e. The van der Waals surface area contributed by atoms with Crippen LogP contribution < -0.4 is 4.87 Å². The monoisotopic (exact) mass is 223 g/mol. The molecule has 0 unspecified atom stereocenters. The van der Waals surface area contributed by atoms with Crippen LogP contribution in [-0.2, 0) is 6.54 Å². The van der Waals surface area contributed by atoms with E-state index in [1.165, 1.54) is 12.1 Å². The first-order valence-electron chi connectivity index (χ1n) is 4.56. The first-order valence-corrected chi connectivity index (χ1v) is 5.44. The molecule has 2 nitrogen and oxygen atoms in total. The molecule has 0 aliphatic rings. The maximum absolute atomic E-state index is 13.0. The van der Waals surface area contributed by atoms with E-state index in [4.69, 9.17) is 0 Å². The van der Waals surface area contributed by atoms with Crippen LogP contribution in [0.25, 0.3) is 0 Å². The number of hydrogen-bond donors (Lipinski definition) is 0. The molecule has 0 radical (unpaired) electrons. The Balaban J connectivity index is 2.36. The molecule has 1 aromatic carbocycles.